The minimum atomic E-state index is -0.475. The topological polar surface area (TPSA) is 56.0 Å². The summed E-state index contributed by atoms with van der Waals surface area (Å²) in [5.41, 5.74) is 0.767. The SMILES string of the molecule is CC(C)c1ncc([N+](=O)[O-])cc1S. The third-order valence-electron chi connectivity index (χ3n) is 1.64. The normalized spacial score (nSPS) is 10.5. The molecule has 0 aromatic carbocycles. The van der Waals surface area contributed by atoms with Crippen LogP contribution in [0.3, 0.4) is 0 Å². The van der Waals surface area contributed by atoms with Crippen molar-refractivity contribution in [2.24, 2.45) is 0 Å². The number of aromatic nitrogens is 1. The van der Waals surface area contributed by atoms with E-state index in [2.05, 4.69) is 17.6 Å². The molecule has 1 heterocycles. The Morgan fingerprint density at radius 1 is 1.62 bits per heavy atom. The average molecular weight is 198 g/mol. The van der Waals surface area contributed by atoms with Crippen molar-refractivity contribution in [3.63, 3.8) is 0 Å². The van der Waals surface area contributed by atoms with E-state index >= 15 is 0 Å². The van der Waals surface area contributed by atoms with Crippen LogP contribution in [0.1, 0.15) is 25.5 Å². The summed E-state index contributed by atoms with van der Waals surface area (Å²) in [6, 6.07) is 1.42. The van der Waals surface area contributed by atoms with Crippen LogP contribution in [-0.2, 0) is 0 Å². The lowest BCUT2D eigenvalue weighted by Gasteiger charge is -2.05. The molecule has 1 aromatic heterocycles. The van der Waals surface area contributed by atoms with Gasteiger partial charge in [-0.25, -0.2) is 0 Å². The smallest absolute Gasteiger partial charge is 0.258 e. The molecule has 0 radical (unpaired) electrons. The number of hydrogen-bond donors (Lipinski definition) is 1. The Balaban J connectivity index is 3.13. The van der Waals surface area contributed by atoms with Gasteiger partial charge in [-0.1, -0.05) is 13.8 Å². The van der Waals surface area contributed by atoms with Gasteiger partial charge in [0.15, 0.2) is 0 Å². The predicted molar refractivity (Wildman–Crippen MR) is 52.2 cm³/mol. The number of pyridine rings is 1. The predicted octanol–water partition coefficient (Wildman–Crippen LogP) is 2.40. The number of hydrogen-bond acceptors (Lipinski definition) is 4. The highest BCUT2D eigenvalue weighted by Gasteiger charge is 2.11. The Morgan fingerprint density at radius 2 is 2.23 bits per heavy atom. The van der Waals surface area contributed by atoms with E-state index in [1.165, 1.54) is 12.3 Å². The first-order chi connectivity index (χ1) is 6.02. The summed E-state index contributed by atoms with van der Waals surface area (Å²) in [4.78, 5) is 14.4. The van der Waals surface area contributed by atoms with Crippen molar-refractivity contribution in [3.05, 3.63) is 28.1 Å². The second-order valence-electron chi connectivity index (χ2n) is 3.01. The maximum absolute atomic E-state index is 10.4. The number of rotatable bonds is 2. The van der Waals surface area contributed by atoms with Crippen LogP contribution in [0.4, 0.5) is 5.69 Å². The Labute approximate surface area is 81.6 Å². The monoisotopic (exact) mass is 198 g/mol. The quantitative estimate of drug-likeness (QED) is 0.451. The molecule has 1 rings (SSSR count). The van der Waals surface area contributed by atoms with Crippen molar-refractivity contribution in [3.8, 4) is 0 Å². The molecule has 0 aliphatic carbocycles. The Bertz CT molecular complexity index is 339. The molecule has 0 amide bonds. The van der Waals surface area contributed by atoms with Crippen molar-refractivity contribution in [1.82, 2.24) is 4.98 Å². The fourth-order valence-electron chi connectivity index (χ4n) is 0.998. The summed E-state index contributed by atoms with van der Waals surface area (Å²) in [6.45, 7) is 3.93. The number of thiol groups is 1. The Kier molecular flexibility index (Phi) is 2.87. The first-order valence-electron chi connectivity index (χ1n) is 3.85. The first kappa shape index (κ1) is 9.98. The molecular weight excluding hydrogens is 188 g/mol. The van der Waals surface area contributed by atoms with Crippen LogP contribution in [0.25, 0.3) is 0 Å². The fourth-order valence-corrected chi connectivity index (χ4v) is 1.45. The summed E-state index contributed by atoms with van der Waals surface area (Å²) in [5.74, 6) is 0.230. The van der Waals surface area contributed by atoms with Crippen LogP contribution in [0.15, 0.2) is 17.2 Å². The van der Waals surface area contributed by atoms with E-state index < -0.39 is 4.92 Å². The summed E-state index contributed by atoms with van der Waals surface area (Å²) in [7, 11) is 0. The first-order valence-corrected chi connectivity index (χ1v) is 4.30. The molecule has 5 heteroatoms. The van der Waals surface area contributed by atoms with Crippen molar-refractivity contribution >= 4 is 18.3 Å². The van der Waals surface area contributed by atoms with Crippen LogP contribution in [0.5, 0.6) is 0 Å². The Morgan fingerprint density at radius 3 is 2.62 bits per heavy atom. The zero-order valence-corrected chi connectivity index (χ0v) is 8.28. The van der Waals surface area contributed by atoms with Crippen molar-refractivity contribution in [2.45, 2.75) is 24.7 Å². The number of nitro groups is 1. The maximum Gasteiger partial charge on any atom is 0.288 e. The standard InChI is InChI=1S/C8H10N2O2S/c1-5(2)8-7(13)3-6(4-9-8)10(11)12/h3-5,13H,1-2H3. The molecule has 0 saturated heterocycles. The minimum absolute atomic E-state index is 0.0191. The molecule has 0 bridgehead atoms. The van der Waals surface area contributed by atoms with E-state index in [9.17, 15) is 10.1 Å². The highest BCUT2D eigenvalue weighted by Crippen LogP contribution is 2.23. The van der Waals surface area contributed by atoms with Gasteiger partial charge < -0.3 is 0 Å². The van der Waals surface area contributed by atoms with Crippen LogP contribution in [0, 0.1) is 10.1 Å². The lowest BCUT2D eigenvalue weighted by atomic mass is 10.1. The van der Waals surface area contributed by atoms with Gasteiger partial charge in [-0.3, -0.25) is 15.1 Å². The molecule has 0 fully saturated rings. The molecule has 0 unspecified atom stereocenters. The maximum atomic E-state index is 10.4. The van der Waals surface area contributed by atoms with Crippen LogP contribution in [0.2, 0.25) is 0 Å². The molecule has 0 aliphatic rings. The van der Waals surface area contributed by atoms with Gasteiger partial charge in [-0.2, -0.15) is 0 Å². The molecule has 0 saturated carbocycles. The molecule has 0 N–H and O–H groups in total. The van der Waals surface area contributed by atoms with E-state index in [4.69, 9.17) is 0 Å². The van der Waals surface area contributed by atoms with E-state index in [-0.39, 0.29) is 11.6 Å². The second kappa shape index (κ2) is 3.74. The van der Waals surface area contributed by atoms with Crippen LogP contribution >= 0.6 is 12.6 Å². The lowest BCUT2D eigenvalue weighted by molar-refractivity contribution is -0.385. The van der Waals surface area contributed by atoms with Crippen molar-refractivity contribution in [2.75, 3.05) is 0 Å². The van der Waals surface area contributed by atoms with Gasteiger partial charge in [0.2, 0.25) is 0 Å². The molecule has 13 heavy (non-hydrogen) atoms. The molecule has 4 nitrogen and oxygen atoms in total. The van der Waals surface area contributed by atoms with E-state index in [1.807, 2.05) is 13.8 Å². The van der Waals surface area contributed by atoms with Crippen molar-refractivity contribution in [1.29, 1.82) is 0 Å². The van der Waals surface area contributed by atoms with Crippen LogP contribution in [-0.4, -0.2) is 9.91 Å². The molecular formula is C8H10N2O2S. The van der Waals surface area contributed by atoms with E-state index in [0.29, 0.717) is 4.90 Å². The van der Waals surface area contributed by atoms with Gasteiger partial charge in [0.05, 0.1) is 10.6 Å². The van der Waals surface area contributed by atoms with Crippen LogP contribution < -0.4 is 0 Å². The average Bonchev–Trinajstić information content (AvgIpc) is 2.03. The van der Waals surface area contributed by atoms with Gasteiger partial charge in [0.25, 0.3) is 5.69 Å². The molecule has 0 atom stereocenters. The third kappa shape index (κ3) is 2.18. The summed E-state index contributed by atoms with van der Waals surface area (Å²) in [6.07, 6.45) is 1.26. The largest absolute Gasteiger partial charge is 0.288 e. The van der Waals surface area contributed by atoms with Gasteiger partial charge in [-0.15, -0.1) is 12.6 Å². The summed E-state index contributed by atoms with van der Waals surface area (Å²) >= 11 is 4.13. The highest BCUT2D eigenvalue weighted by molar-refractivity contribution is 7.80. The zero-order chi connectivity index (χ0) is 10.0. The number of nitrogens with zero attached hydrogens (tertiary/aromatic N) is 2. The molecule has 0 aliphatic heterocycles. The lowest BCUT2D eigenvalue weighted by Crippen LogP contribution is -1.96. The fraction of sp³-hybridized carbons (Fsp3) is 0.375. The molecule has 1 aromatic rings. The van der Waals surface area contributed by atoms with E-state index in [1.54, 1.807) is 0 Å². The highest BCUT2D eigenvalue weighted by atomic mass is 32.1. The molecule has 0 spiro atoms. The van der Waals surface area contributed by atoms with Gasteiger partial charge in [0.1, 0.15) is 6.20 Å². The van der Waals surface area contributed by atoms with Gasteiger partial charge in [0, 0.05) is 11.0 Å². The van der Waals surface area contributed by atoms with Gasteiger partial charge >= 0.3 is 0 Å². The molecule has 70 valence electrons. The van der Waals surface area contributed by atoms with Crippen molar-refractivity contribution < 1.29 is 4.92 Å². The second-order valence-corrected chi connectivity index (χ2v) is 3.49. The van der Waals surface area contributed by atoms with E-state index in [0.717, 1.165) is 5.69 Å². The minimum Gasteiger partial charge on any atom is -0.258 e. The summed E-state index contributed by atoms with van der Waals surface area (Å²) < 4.78 is 0. The third-order valence-corrected chi connectivity index (χ3v) is 2.00. The van der Waals surface area contributed by atoms with Gasteiger partial charge in [-0.05, 0) is 5.92 Å². The summed E-state index contributed by atoms with van der Waals surface area (Å²) in [5, 5.41) is 10.4. The Hall–Kier alpha value is -1.10. The zero-order valence-electron chi connectivity index (χ0n) is 7.39.